The first-order chi connectivity index (χ1) is 8.65. The van der Waals surface area contributed by atoms with Crippen LogP contribution < -0.4 is 11.1 Å². The Hall–Kier alpha value is -1.56. The maximum absolute atomic E-state index is 11.7. The molecule has 0 aromatic carbocycles. The third kappa shape index (κ3) is 3.46. The maximum Gasteiger partial charge on any atom is 0.241 e. The van der Waals surface area contributed by atoms with Gasteiger partial charge in [-0.3, -0.25) is 4.79 Å². The second-order valence-corrected chi connectivity index (χ2v) is 4.76. The van der Waals surface area contributed by atoms with Crippen LogP contribution in [-0.4, -0.2) is 35.4 Å². The third-order valence-electron chi connectivity index (χ3n) is 3.07. The number of rotatable bonds is 4. The molecule has 6 nitrogen and oxygen atoms in total. The van der Waals surface area contributed by atoms with E-state index in [0.717, 1.165) is 31.7 Å². The minimum Gasteiger partial charge on any atom is -0.384 e. The van der Waals surface area contributed by atoms with Gasteiger partial charge in [0.1, 0.15) is 12.4 Å². The molecule has 2 rings (SSSR count). The first-order valence-corrected chi connectivity index (χ1v) is 6.29. The average molecular weight is 252 g/mol. The number of hydrogen-bond acceptors (Lipinski definition) is 4. The Labute approximate surface area is 106 Å². The highest BCUT2D eigenvalue weighted by atomic mass is 16.5. The van der Waals surface area contributed by atoms with E-state index in [9.17, 15) is 4.79 Å². The van der Waals surface area contributed by atoms with Gasteiger partial charge in [0.2, 0.25) is 5.91 Å². The molecule has 1 aromatic heterocycles. The summed E-state index contributed by atoms with van der Waals surface area (Å²) >= 11 is 0. The van der Waals surface area contributed by atoms with E-state index in [1.165, 1.54) is 4.68 Å². The molecule has 0 unspecified atom stereocenters. The van der Waals surface area contributed by atoms with E-state index in [0.29, 0.717) is 18.3 Å². The van der Waals surface area contributed by atoms with E-state index in [4.69, 9.17) is 10.5 Å². The van der Waals surface area contributed by atoms with Gasteiger partial charge < -0.3 is 15.8 Å². The summed E-state index contributed by atoms with van der Waals surface area (Å²) < 4.78 is 6.88. The van der Waals surface area contributed by atoms with Crippen molar-refractivity contribution in [3.8, 4) is 0 Å². The Morgan fingerprint density at radius 3 is 3.17 bits per heavy atom. The largest absolute Gasteiger partial charge is 0.384 e. The van der Waals surface area contributed by atoms with Crippen molar-refractivity contribution >= 4 is 11.7 Å². The fraction of sp³-hybridized carbons (Fsp3) is 0.667. The molecule has 18 heavy (non-hydrogen) atoms. The van der Waals surface area contributed by atoms with Crippen LogP contribution in [0.2, 0.25) is 0 Å². The molecule has 1 aliphatic rings. The predicted molar refractivity (Wildman–Crippen MR) is 67.9 cm³/mol. The van der Waals surface area contributed by atoms with Crippen LogP contribution in [0.5, 0.6) is 0 Å². The lowest BCUT2D eigenvalue weighted by atomic mass is 10.0. The van der Waals surface area contributed by atoms with Crippen LogP contribution in [0.4, 0.5) is 5.82 Å². The fourth-order valence-electron chi connectivity index (χ4n) is 2.11. The normalized spacial score (nSPS) is 19.7. The molecule has 0 bridgehead atoms. The summed E-state index contributed by atoms with van der Waals surface area (Å²) in [5.41, 5.74) is 6.55. The summed E-state index contributed by atoms with van der Waals surface area (Å²) in [6.07, 6.45) is 2.19. The van der Waals surface area contributed by atoms with E-state index in [-0.39, 0.29) is 12.5 Å². The second kappa shape index (κ2) is 5.86. The number of aryl methyl sites for hydroxylation is 1. The van der Waals surface area contributed by atoms with Gasteiger partial charge >= 0.3 is 0 Å². The SMILES string of the molecule is Cc1cc(N)n(CC(=O)NC[C@H]2CCCOC2)n1. The van der Waals surface area contributed by atoms with Crippen molar-refractivity contribution in [2.24, 2.45) is 5.92 Å². The minimum atomic E-state index is -0.0598. The summed E-state index contributed by atoms with van der Waals surface area (Å²) in [5.74, 6) is 0.887. The molecule has 0 spiro atoms. The molecule has 0 radical (unpaired) electrons. The predicted octanol–water partition coefficient (Wildman–Crippen LogP) is 0.317. The van der Waals surface area contributed by atoms with E-state index >= 15 is 0 Å². The van der Waals surface area contributed by atoms with Gasteiger partial charge in [0.25, 0.3) is 0 Å². The van der Waals surface area contributed by atoms with E-state index in [2.05, 4.69) is 10.4 Å². The number of nitrogens with zero attached hydrogens (tertiary/aromatic N) is 2. The number of nitrogens with two attached hydrogens (primary N) is 1. The topological polar surface area (TPSA) is 82.2 Å². The molecule has 1 aliphatic heterocycles. The molecule has 1 amide bonds. The van der Waals surface area contributed by atoms with Crippen molar-refractivity contribution < 1.29 is 9.53 Å². The van der Waals surface area contributed by atoms with Gasteiger partial charge in [0, 0.05) is 19.2 Å². The Balaban J connectivity index is 1.76. The third-order valence-corrected chi connectivity index (χ3v) is 3.07. The summed E-state index contributed by atoms with van der Waals surface area (Å²) in [7, 11) is 0. The zero-order chi connectivity index (χ0) is 13.0. The van der Waals surface area contributed by atoms with Gasteiger partial charge in [0.15, 0.2) is 0 Å². The smallest absolute Gasteiger partial charge is 0.241 e. The molecule has 2 heterocycles. The first kappa shape index (κ1) is 12.9. The number of anilines is 1. The highest BCUT2D eigenvalue weighted by Gasteiger charge is 2.15. The number of nitrogens with one attached hydrogen (secondary N) is 1. The van der Waals surface area contributed by atoms with E-state index < -0.39 is 0 Å². The van der Waals surface area contributed by atoms with Crippen LogP contribution in [0, 0.1) is 12.8 Å². The number of nitrogen functional groups attached to an aromatic ring is 1. The highest BCUT2D eigenvalue weighted by Crippen LogP contribution is 2.12. The van der Waals surface area contributed by atoms with Gasteiger partial charge in [-0.2, -0.15) is 5.10 Å². The molecule has 1 atom stereocenters. The summed E-state index contributed by atoms with van der Waals surface area (Å²) in [6, 6.07) is 1.75. The van der Waals surface area contributed by atoms with Gasteiger partial charge in [-0.05, 0) is 25.7 Å². The number of ether oxygens (including phenoxy) is 1. The average Bonchev–Trinajstić information content (AvgIpc) is 2.67. The van der Waals surface area contributed by atoms with Crippen LogP contribution in [0.1, 0.15) is 18.5 Å². The Morgan fingerprint density at radius 2 is 2.56 bits per heavy atom. The number of hydrogen-bond donors (Lipinski definition) is 2. The Kier molecular flexibility index (Phi) is 4.19. The number of aromatic nitrogens is 2. The first-order valence-electron chi connectivity index (χ1n) is 6.29. The summed E-state index contributed by atoms with van der Waals surface area (Å²) in [6.45, 7) is 4.27. The second-order valence-electron chi connectivity index (χ2n) is 4.76. The minimum absolute atomic E-state index is 0.0598. The zero-order valence-electron chi connectivity index (χ0n) is 10.7. The lowest BCUT2D eigenvalue weighted by Gasteiger charge is -2.22. The number of amides is 1. The standard InChI is InChI=1S/C12H20N4O2/c1-9-5-11(13)16(15-9)7-12(17)14-6-10-3-2-4-18-8-10/h5,10H,2-4,6-8,13H2,1H3,(H,14,17)/t10-/m1/s1. The molecule has 6 heteroatoms. The molecule has 3 N–H and O–H groups in total. The van der Waals surface area contributed by atoms with Crippen LogP contribution in [0.25, 0.3) is 0 Å². The highest BCUT2D eigenvalue weighted by molar-refractivity contribution is 5.76. The lowest BCUT2D eigenvalue weighted by molar-refractivity contribution is -0.122. The number of carbonyl (C=O) groups excluding carboxylic acids is 1. The van der Waals surface area contributed by atoms with Gasteiger partial charge in [-0.15, -0.1) is 0 Å². The Morgan fingerprint density at radius 1 is 1.72 bits per heavy atom. The Bertz CT molecular complexity index is 410. The van der Waals surface area contributed by atoms with Crippen LogP contribution in [0.15, 0.2) is 6.07 Å². The van der Waals surface area contributed by atoms with Crippen molar-refractivity contribution in [3.05, 3.63) is 11.8 Å². The molecule has 0 aliphatic carbocycles. The van der Waals surface area contributed by atoms with Gasteiger partial charge in [0.05, 0.1) is 12.3 Å². The van der Waals surface area contributed by atoms with E-state index in [1.54, 1.807) is 6.07 Å². The number of carbonyl (C=O) groups is 1. The quantitative estimate of drug-likeness (QED) is 0.808. The molecule has 1 saturated heterocycles. The van der Waals surface area contributed by atoms with Crippen LogP contribution >= 0.6 is 0 Å². The molecular weight excluding hydrogens is 232 g/mol. The van der Waals surface area contributed by atoms with Crippen molar-refractivity contribution in [1.82, 2.24) is 15.1 Å². The molecule has 1 aromatic rings. The summed E-state index contributed by atoms with van der Waals surface area (Å²) in [4.78, 5) is 11.7. The van der Waals surface area contributed by atoms with Crippen LogP contribution in [-0.2, 0) is 16.1 Å². The molecule has 1 fully saturated rings. The van der Waals surface area contributed by atoms with Gasteiger partial charge in [-0.1, -0.05) is 0 Å². The fourth-order valence-corrected chi connectivity index (χ4v) is 2.11. The molecule has 0 saturated carbocycles. The molecule has 100 valence electrons. The van der Waals surface area contributed by atoms with Crippen molar-refractivity contribution in [1.29, 1.82) is 0 Å². The van der Waals surface area contributed by atoms with Crippen LogP contribution in [0.3, 0.4) is 0 Å². The van der Waals surface area contributed by atoms with Crippen molar-refractivity contribution in [2.75, 3.05) is 25.5 Å². The van der Waals surface area contributed by atoms with Crippen molar-refractivity contribution in [2.45, 2.75) is 26.3 Å². The monoisotopic (exact) mass is 252 g/mol. The van der Waals surface area contributed by atoms with Gasteiger partial charge in [-0.25, -0.2) is 4.68 Å². The molecular formula is C12H20N4O2. The van der Waals surface area contributed by atoms with E-state index in [1.807, 2.05) is 6.92 Å². The maximum atomic E-state index is 11.7. The summed E-state index contributed by atoms with van der Waals surface area (Å²) in [5, 5.41) is 7.05. The van der Waals surface area contributed by atoms with Crippen molar-refractivity contribution in [3.63, 3.8) is 0 Å². The zero-order valence-corrected chi connectivity index (χ0v) is 10.7. The lowest BCUT2D eigenvalue weighted by Crippen LogP contribution is -2.35.